The second-order valence-corrected chi connectivity index (χ2v) is 6.49. The molecule has 22 heavy (non-hydrogen) atoms. The predicted molar refractivity (Wildman–Crippen MR) is 87.0 cm³/mol. The fraction of sp³-hybridized carbons (Fsp3) is 0.389. The number of hydrogen-bond donors (Lipinski definition) is 0. The van der Waals surface area contributed by atoms with Gasteiger partial charge in [0.2, 0.25) is 0 Å². The number of nitrogens with zero attached hydrogens (tertiary/aromatic N) is 2. The number of aliphatic imine (C=N–C) groups is 1. The summed E-state index contributed by atoms with van der Waals surface area (Å²) in [5, 5.41) is 9.34. The summed E-state index contributed by atoms with van der Waals surface area (Å²) >= 11 is 6.00. The van der Waals surface area contributed by atoms with Gasteiger partial charge >= 0.3 is 0 Å². The van der Waals surface area contributed by atoms with Crippen LogP contribution >= 0.6 is 11.6 Å². The van der Waals surface area contributed by atoms with E-state index in [-0.39, 0.29) is 5.92 Å². The molecule has 0 unspecified atom stereocenters. The molecule has 4 heteroatoms. The third-order valence-corrected chi connectivity index (χ3v) is 4.62. The average Bonchev–Trinajstić information content (AvgIpc) is 2.90. The van der Waals surface area contributed by atoms with Crippen molar-refractivity contribution in [2.45, 2.75) is 25.7 Å². The zero-order valence-electron chi connectivity index (χ0n) is 12.3. The summed E-state index contributed by atoms with van der Waals surface area (Å²) in [5.41, 5.74) is 2.97. The Hall–Kier alpha value is -1.92. The van der Waals surface area contributed by atoms with E-state index in [0.717, 1.165) is 29.7 Å². The van der Waals surface area contributed by atoms with Crippen LogP contribution in [0.1, 0.15) is 31.2 Å². The maximum atomic E-state index is 12.2. The van der Waals surface area contributed by atoms with Gasteiger partial charge in [-0.05, 0) is 42.5 Å². The fourth-order valence-electron chi connectivity index (χ4n) is 3.06. The van der Waals surface area contributed by atoms with Gasteiger partial charge in [-0.25, -0.2) is 0 Å². The summed E-state index contributed by atoms with van der Waals surface area (Å²) in [4.78, 5) is 16.7. The second-order valence-electron chi connectivity index (χ2n) is 6.05. The van der Waals surface area contributed by atoms with Crippen LogP contribution < -0.4 is 0 Å². The molecule has 0 aromatic heterocycles. The molecular formula is C18H17ClN2O. The van der Waals surface area contributed by atoms with Crippen LogP contribution in [0.25, 0.3) is 0 Å². The molecule has 1 aromatic rings. The highest BCUT2D eigenvalue weighted by molar-refractivity contribution is 6.31. The van der Waals surface area contributed by atoms with Crippen molar-refractivity contribution in [1.29, 1.82) is 5.26 Å². The van der Waals surface area contributed by atoms with Gasteiger partial charge in [0, 0.05) is 29.3 Å². The molecule has 1 aromatic carbocycles. The number of Topliss-reactive ketones (excluding diaryl/α,β-unsaturated/α-hetero) is 1. The number of benzene rings is 1. The zero-order valence-corrected chi connectivity index (χ0v) is 13.0. The van der Waals surface area contributed by atoms with E-state index >= 15 is 0 Å². The normalized spacial score (nSPS) is 23.3. The van der Waals surface area contributed by atoms with Crippen LogP contribution in [0.2, 0.25) is 5.02 Å². The van der Waals surface area contributed by atoms with E-state index in [2.05, 4.69) is 11.1 Å². The van der Waals surface area contributed by atoms with Crippen molar-refractivity contribution in [1.82, 2.24) is 0 Å². The maximum Gasteiger partial charge on any atom is 0.140 e. The number of rotatable bonds is 5. The van der Waals surface area contributed by atoms with Crippen molar-refractivity contribution in [2.75, 3.05) is 6.54 Å². The standard InChI is InChI=1S/C18H17ClN2O/c19-16-3-1-2-14(10-16)17-8-13(11-21-17)9-18(22)15-6-12(7-15)4-5-20/h1-3,8,10,12,15H,4,6-7,9,11H2. The van der Waals surface area contributed by atoms with Crippen LogP contribution in [0.15, 0.2) is 40.9 Å². The minimum absolute atomic E-state index is 0.148. The molecule has 0 spiro atoms. The van der Waals surface area contributed by atoms with Gasteiger partial charge in [0.05, 0.1) is 18.3 Å². The van der Waals surface area contributed by atoms with Crippen LogP contribution in [0.4, 0.5) is 0 Å². The summed E-state index contributed by atoms with van der Waals surface area (Å²) < 4.78 is 0. The second kappa shape index (κ2) is 6.46. The maximum absolute atomic E-state index is 12.2. The minimum Gasteiger partial charge on any atom is -0.299 e. The van der Waals surface area contributed by atoms with Crippen molar-refractivity contribution in [3.63, 3.8) is 0 Å². The number of carbonyl (C=O) groups is 1. The molecule has 0 amide bonds. The Morgan fingerprint density at radius 2 is 2.23 bits per heavy atom. The Morgan fingerprint density at radius 3 is 2.95 bits per heavy atom. The fourth-order valence-corrected chi connectivity index (χ4v) is 3.25. The van der Waals surface area contributed by atoms with Gasteiger partial charge in [-0.15, -0.1) is 0 Å². The summed E-state index contributed by atoms with van der Waals surface area (Å²) in [6.07, 6.45) is 4.82. The average molecular weight is 313 g/mol. The van der Waals surface area contributed by atoms with Gasteiger partial charge in [0.25, 0.3) is 0 Å². The highest BCUT2D eigenvalue weighted by Gasteiger charge is 2.34. The minimum atomic E-state index is 0.148. The number of halogens is 1. The lowest BCUT2D eigenvalue weighted by Crippen LogP contribution is -2.30. The van der Waals surface area contributed by atoms with Crippen LogP contribution in [0, 0.1) is 23.2 Å². The van der Waals surface area contributed by atoms with Crippen LogP contribution in [-0.2, 0) is 4.79 Å². The van der Waals surface area contributed by atoms with Crippen LogP contribution in [0.5, 0.6) is 0 Å². The Morgan fingerprint density at radius 1 is 1.41 bits per heavy atom. The lowest BCUT2D eigenvalue weighted by Gasteiger charge is -2.32. The lowest BCUT2D eigenvalue weighted by molar-refractivity contribution is -0.126. The molecule has 112 valence electrons. The molecule has 0 saturated heterocycles. The van der Waals surface area contributed by atoms with Gasteiger partial charge in [0.1, 0.15) is 5.78 Å². The molecule has 0 N–H and O–H groups in total. The van der Waals surface area contributed by atoms with Crippen molar-refractivity contribution in [3.8, 4) is 6.07 Å². The topological polar surface area (TPSA) is 53.2 Å². The molecule has 1 aliphatic carbocycles. The van der Waals surface area contributed by atoms with Gasteiger partial charge < -0.3 is 0 Å². The zero-order chi connectivity index (χ0) is 15.5. The molecule has 0 bridgehead atoms. The summed E-state index contributed by atoms with van der Waals surface area (Å²) in [5.74, 6) is 0.868. The Balaban J connectivity index is 1.56. The molecular weight excluding hydrogens is 296 g/mol. The highest BCUT2D eigenvalue weighted by atomic mass is 35.5. The van der Waals surface area contributed by atoms with E-state index in [1.807, 2.05) is 30.3 Å². The van der Waals surface area contributed by atoms with E-state index in [0.29, 0.717) is 36.1 Å². The van der Waals surface area contributed by atoms with Crippen LogP contribution in [-0.4, -0.2) is 18.0 Å². The van der Waals surface area contributed by atoms with Crippen LogP contribution in [0.3, 0.4) is 0 Å². The number of ketones is 1. The molecule has 1 fully saturated rings. The first-order valence-electron chi connectivity index (χ1n) is 7.55. The summed E-state index contributed by atoms with van der Waals surface area (Å²) in [7, 11) is 0. The SMILES string of the molecule is N#CCC1CC(C(=O)CC2=CC(c3cccc(Cl)c3)=NC2)C1. The number of allylic oxidation sites excluding steroid dienone is 1. The molecule has 1 saturated carbocycles. The van der Waals surface area contributed by atoms with E-state index in [1.165, 1.54) is 0 Å². The Kier molecular flexibility index (Phi) is 4.40. The highest BCUT2D eigenvalue weighted by Crippen LogP contribution is 2.37. The van der Waals surface area contributed by atoms with Gasteiger partial charge in [-0.2, -0.15) is 5.26 Å². The largest absolute Gasteiger partial charge is 0.299 e. The predicted octanol–water partition coefficient (Wildman–Crippen LogP) is 3.97. The molecule has 1 heterocycles. The van der Waals surface area contributed by atoms with Gasteiger partial charge in [-0.1, -0.05) is 23.7 Å². The smallest absolute Gasteiger partial charge is 0.140 e. The molecule has 0 radical (unpaired) electrons. The number of nitriles is 1. The van der Waals surface area contributed by atoms with E-state index in [1.54, 1.807) is 0 Å². The van der Waals surface area contributed by atoms with Crippen molar-refractivity contribution in [3.05, 3.63) is 46.5 Å². The van der Waals surface area contributed by atoms with Gasteiger partial charge in [-0.3, -0.25) is 9.79 Å². The van der Waals surface area contributed by atoms with Crippen molar-refractivity contribution >= 4 is 23.1 Å². The van der Waals surface area contributed by atoms with E-state index in [4.69, 9.17) is 16.9 Å². The lowest BCUT2D eigenvalue weighted by atomic mass is 9.70. The third kappa shape index (κ3) is 3.28. The Bertz CT molecular complexity index is 693. The third-order valence-electron chi connectivity index (χ3n) is 4.39. The quantitative estimate of drug-likeness (QED) is 0.826. The number of hydrogen-bond acceptors (Lipinski definition) is 3. The monoisotopic (exact) mass is 312 g/mol. The van der Waals surface area contributed by atoms with Crippen molar-refractivity contribution in [2.24, 2.45) is 16.8 Å². The first-order chi connectivity index (χ1) is 10.7. The molecule has 2 aliphatic rings. The summed E-state index contributed by atoms with van der Waals surface area (Å²) in [6, 6.07) is 9.78. The Labute approximate surface area is 135 Å². The number of carbonyl (C=O) groups excluding carboxylic acids is 1. The first kappa shape index (κ1) is 15.0. The van der Waals surface area contributed by atoms with Gasteiger partial charge in [0.15, 0.2) is 0 Å². The summed E-state index contributed by atoms with van der Waals surface area (Å²) in [6.45, 7) is 0.599. The first-order valence-corrected chi connectivity index (χ1v) is 7.93. The molecule has 3 rings (SSSR count). The molecule has 1 aliphatic heterocycles. The molecule has 3 nitrogen and oxygen atoms in total. The van der Waals surface area contributed by atoms with E-state index in [9.17, 15) is 4.79 Å². The van der Waals surface area contributed by atoms with Crippen molar-refractivity contribution < 1.29 is 4.79 Å². The van der Waals surface area contributed by atoms with E-state index < -0.39 is 0 Å². The molecule has 0 atom stereocenters.